The number of benzene rings is 1. The average Bonchev–Trinajstić information content (AvgIpc) is 3.56. The van der Waals surface area contributed by atoms with E-state index in [1.54, 1.807) is 31.8 Å². The molecular weight excluding hydrogens is 509 g/mol. The highest BCUT2D eigenvalue weighted by atomic mass is 19.1. The van der Waals surface area contributed by atoms with Crippen molar-refractivity contribution in [1.29, 1.82) is 5.26 Å². The zero-order chi connectivity index (χ0) is 28.3. The molecule has 1 amide bonds. The number of nitrogens with zero attached hydrogens (tertiary/aromatic N) is 6. The van der Waals surface area contributed by atoms with E-state index in [2.05, 4.69) is 26.6 Å². The fourth-order valence-corrected chi connectivity index (χ4v) is 4.52. The Kier molecular flexibility index (Phi) is 7.87. The van der Waals surface area contributed by atoms with Crippen molar-refractivity contribution in [2.45, 2.75) is 32.2 Å². The fourth-order valence-electron chi connectivity index (χ4n) is 4.52. The third-order valence-corrected chi connectivity index (χ3v) is 6.43. The van der Waals surface area contributed by atoms with Gasteiger partial charge in [-0.05, 0) is 30.7 Å². The van der Waals surface area contributed by atoms with E-state index in [1.165, 1.54) is 37.7 Å². The van der Waals surface area contributed by atoms with Crippen LogP contribution in [0.25, 0.3) is 0 Å². The Hall–Kier alpha value is -4.83. The molecule has 2 atom stereocenters. The molecule has 0 aliphatic heterocycles. The van der Waals surface area contributed by atoms with Crippen LogP contribution in [0.1, 0.15) is 57.5 Å². The van der Waals surface area contributed by atoms with Gasteiger partial charge < -0.3 is 19.7 Å². The van der Waals surface area contributed by atoms with Crippen molar-refractivity contribution in [3.8, 4) is 11.8 Å². The number of aromatic hydroxyl groups is 1. The molecule has 0 aliphatic rings. The van der Waals surface area contributed by atoms with Gasteiger partial charge in [0.15, 0.2) is 5.69 Å². The Morgan fingerprint density at radius 3 is 2.79 bits per heavy atom. The Bertz CT molecular complexity index is 1600. The van der Waals surface area contributed by atoms with E-state index in [1.807, 2.05) is 0 Å². The van der Waals surface area contributed by atoms with Crippen LogP contribution in [-0.2, 0) is 18.3 Å². The maximum atomic E-state index is 14.5. The molecule has 202 valence electrons. The predicted molar refractivity (Wildman–Crippen MR) is 136 cm³/mol. The summed E-state index contributed by atoms with van der Waals surface area (Å²) in [6.07, 6.45) is 4.19. The lowest BCUT2D eigenvalue weighted by molar-refractivity contribution is 0.101. The van der Waals surface area contributed by atoms with Gasteiger partial charge in [0.25, 0.3) is 11.5 Å². The lowest BCUT2D eigenvalue weighted by Crippen LogP contribution is -2.29. The number of nitrogens with one attached hydrogen (secondary N) is 1. The Balaban J connectivity index is 1.89. The SMILES string of the molecule is COCCn1cc([C@@H](c2cc(F)ccc2C#N)[C@H](C)c2nc(C(=O)Nc3cnoc3)c(O)c(=O)n2C)c(C)n1. The Morgan fingerprint density at radius 2 is 2.13 bits per heavy atom. The number of anilines is 1. The van der Waals surface area contributed by atoms with Crippen molar-refractivity contribution >= 4 is 11.6 Å². The quantitative estimate of drug-likeness (QED) is 0.328. The van der Waals surface area contributed by atoms with Gasteiger partial charge in [0, 0.05) is 37.8 Å². The van der Waals surface area contributed by atoms with Crippen LogP contribution in [0.3, 0.4) is 0 Å². The van der Waals surface area contributed by atoms with E-state index in [-0.39, 0.29) is 17.1 Å². The molecule has 0 bridgehead atoms. The van der Waals surface area contributed by atoms with Crippen molar-refractivity contribution in [3.63, 3.8) is 0 Å². The predicted octanol–water partition coefficient (Wildman–Crippen LogP) is 2.82. The zero-order valence-electron chi connectivity index (χ0n) is 21.7. The third kappa shape index (κ3) is 5.41. The normalized spacial score (nSPS) is 12.6. The van der Waals surface area contributed by atoms with Crippen LogP contribution in [-0.4, -0.2) is 49.2 Å². The van der Waals surface area contributed by atoms with Gasteiger partial charge in [-0.2, -0.15) is 10.4 Å². The third-order valence-electron chi connectivity index (χ3n) is 6.43. The van der Waals surface area contributed by atoms with Crippen molar-refractivity contribution in [2.24, 2.45) is 7.05 Å². The smallest absolute Gasteiger partial charge is 0.296 e. The minimum atomic E-state index is -0.856. The van der Waals surface area contributed by atoms with Crippen LogP contribution in [0.2, 0.25) is 0 Å². The van der Waals surface area contributed by atoms with Crippen LogP contribution in [0.5, 0.6) is 5.75 Å². The summed E-state index contributed by atoms with van der Waals surface area (Å²) in [5.41, 5.74) is 0.708. The van der Waals surface area contributed by atoms with Crippen molar-refractivity contribution in [3.05, 3.63) is 86.9 Å². The summed E-state index contributed by atoms with van der Waals surface area (Å²) in [6.45, 7) is 4.38. The molecule has 0 fully saturated rings. The molecule has 0 unspecified atom stereocenters. The summed E-state index contributed by atoms with van der Waals surface area (Å²) >= 11 is 0. The van der Waals surface area contributed by atoms with Crippen LogP contribution in [0.15, 0.2) is 46.2 Å². The highest BCUT2D eigenvalue weighted by Gasteiger charge is 2.33. The minimum absolute atomic E-state index is 0.121. The first-order valence-corrected chi connectivity index (χ1v) is 11.9. The molecular formula is C26H26FN7O5. The minimum Gasteiger partial charge on any atom is -0.501 e. The number of amides is 1. The van der Waals surface area contributed by atoms with E-state index in [4.69, 9.17) is 9.26 Å². The molecule has 13 heteroatoms. The molecule has 3 heterocycles. The number of hydrogen-bond donors (Lipinski definition) is 2. The number of aryl methyl sites for hydroxylation is 1. The topological polar surface area (TPSA) is 161 Å². The lowest BCUT2D eigenvalue weighted by atomic mass is 9.79. The number of carbonyl (C=O) groups excluding carboxylic acids is 1. The largest absolute Gasteiger partial charge is 0.501 e. The molecule has 4 aromatic rings. The number of halogens is 1. The number of rotatable bonds is 9. The van der Waals surface area contributed by atoms with Crippen molar-refractivity contribution in [1.82, 2.24) is 24.5 Å². The van der Waals surface area contributed by atoms with Gasteiger partial charge in [-0.15, -0.1) is 0 Å². The van der Waals surface area contributed by atoms with Gasteiger partial charge in [-0.1, -0.05) is 12.1 Å². The molecule has 39 heavy (non-hydrogen) atoms. The van der Waals surface area contributed by atoms with Gasteiger partial charge >= 0.3 is 0 Å². The highest BCUT2D eigenvalue weighted by molar-refractivity contribution is 6.04. The highest BCUT2D eigenvalue weighted by Crippen LogP contribution is 2.40. The molecule has 0 saturated heterocycles. The van der Waals surface area contributed by atoms with E-state index in [9.17, 15) is 24.3 Å². The van der Waals surface area contributed by atoms with Crippen LogP contribution < -0.4 is 10.9 Å². The van der Waals surface area contributed by atoms with Crippen LogP contribution >= 0.6 is 0 Å². The molecule has 0 aliphatic carbocycles. The molecule has 2 N–H and O–H groups in total. The first-order chi connectivity index (χ1) is 18.7. The average molecular weight is 536 g/mol. The van der Waals surface area contributed by atoms with Crippen LogP contribution in [0.4, 0.5) is 10.1 Å². The summed E-state index contributed by atoms with van der Waals surface area (Å²) in [4.78, 5) is 30.3. The van der Waals surface area contributed by atoms with E-state index < -0.39 is 40.6 Å². The standard InChI is InChI=1S/C26H26FN7O5/c1-14(24-31-22(23(35)26(37)33(24)3)25(36)30-18-11-29-39-13-18)21(19-9-17(27)6-5-16(19)10-28)20-12-34(7-8-38-4)32-15(20)2/h5-6,9,11-14,21,35H,7-8H2,1-4H3,(H,30,36)/t14-,21+/m0/s1. The second-order valence-electron chi connectivity index (χ2n) is 8.93. The second-order valence-corrected chi connectivity index (χ2v) is 8.93. The summed E-state index contributed by atoms with van der Waals surface area (Å²) in [6, 6.07) is 5.96. The maximum Gasteiger partial charge on any atom is 0.296 e. The number of nitriles is 1. The first-order valence-electron chi connectivity index (χ1n) is 11.9. The summed E-state index contributed by atoms with van der Waals surface area (Å²) in [5, 5.41) is 30.8. The molecule has 0 radical (unpaired) electrons. The van der Waals surface area contributed by atoms with Gasteiger partial charge in [0.05, 0.1) is 36.7 Å². The van der Waals surface area contributed by atoms with E-state index in [0.29, 0.717) is 30.0 Å². The maximum absolute atomic E-state index is 14.5. The number of ether oxygens (including phenoxy) is 1. The molecule has 3 aromatic heterocycles. The number of aromatic nitrogens is 5. The van der Waals surface area contributed by atoms with Gasteiger partial charge in [0.2, 0.25) is 5.75 Å². The lowest BCUT2D eigenvalue weighted by Gasteiger charge is -2.26. The summed E-state index contributed by atoms with van der Waals surface area (Å²) in [5.74, 6) is -3.53. The van der Waals surface area contributed by atoms with Crippen molar-refractivity contribution in [2.75, 3.05) is 19.0 Å². The fraction of sp³-hybridized carbons (Fsp3) is 0.308. The van der Waals surface area contributed by atoms with E-state index >= 15 is 0 Å². The molecule has 12 nitrogen and oxygen atoms in total. The summed E-state index contributed by atoms with van der Waals surface area (Å²) < 4.78 is 27.2. The first kappa shape index (κ1) is 27.2. The monoisotopic (exact) mass is 535 g/mol. The van der Waals surface area contributed by atoms with Crippen LogP contribution in [0, 0.1) is 24.1 Å². The number of hydrogen-bond acceptors (Lipinski definition) is 9. The zero-order valence-corrected chi connectivity index (χ0v) is 21.7. The summed E-state index contributed by atoms with van der Waals surface area (Å²) in [7, 11) is 2.98. The second kappa shape index (κ2) is 11.3. The molecule has 0 spiro atoms. The number of methoxy groups -OCH3 is 1. The Labute approximate surface area is 222 Å². The number of carbonyl (C=O) groups is 1. The van der Waals surface area contributed by atoms with Gasteiger partial charge in [-0.3, -0.25) is 18.8 Å². The molecule has 4 rings (SSSR count). The van der Waals surface area contributed by atoms with Crippen molar-refractivity contribution < 1.29 is 23.6 Å². The molecule has 0 saturated carbocycles. The molecule has 1 aromatic carbocycles. The Morgan fingerprint density at radius 1 is 1.36 bits per heavy atom. The van der Waals surface area contributed by atoms with Gasteiger partial charge in [0.1, 0.15) is 23.6 Å². The van der Waals surface area contributed by atoms with Gasteiger partial charge in [-0.25, -0.2) is 9.37 Å². The van der Waals surface area contributed by atoms with E-state index in [0.717, 1.165) is 4.57 Å².